The monoisotopic (exact) mass is 284 g/mol. The molecule has 0 aliphatic carbocycles. The molecule has 0 saturated carbocycles. The Kier molecular flexibility index (Phi) is 8.29. The summed E-state index contributed by atoms with van der Waals surface area (Å²) in [6.07, 6.45) is 3.37. The molecule has 0 unspecified atom stereocenters. The fourth-order valence-electron chi connectivity index (χ4n) is 0.694. The SMILES string of the molecule is [S-]c1ccccn1.[S-]c1ccccn1.[Zn+2]. The molecule has 72 valence electrons. The number of pyridine rings is 2. The maximum atomic E-state index is 4.70. The van der Waals surface area contributed by atoms with E-state index in [0.717, 1.165) is 0 Å². The molecular formula is C10H8N2S2Zn. The molecule has 0 aliphatic rings. The van der Waals surface area contributed by atoms with Crippen molar-refractivity contribution in [3.05, 3.63) is 48.8 Å². The third-order valence-corrected chi connectivity index (χ3v) is 1.76. The van der Waals surface area contributed by atoms with Crippen LogP contribution in [0.5, 0.6) is 0 Å². The summed E-state index contributed by atoms with van der Waals surface area (Å²) in [4.78, 5) is 7.59. The molecular weight excluding hydrogens is 278 g/mol. The topological polar surface area (TPSA) is 25.8 Å². The van der Waals surface area contributed by atoms with Crippen LogP contribution in [-0.4, -0.2) is 9.97 Å². The summed E-state index contributed by atoms with van der Waals surface area (Å²) in [7, 11) is 0. The Morgan fingerprint density at radius 3 is 1.27 bits per heavy atom. The predicted molar refractivity (Wildman–Crippen MR) is 59.7 cm³/mol. The first-order valence-corrected chi connectivity index (χ1v) is 4.77. The molecule has 2 rings (SSSR count). The second-order valence-corrected chi connectivity index (χ2v) is 3.17. The van der Waals surface area contributed by atoms with Gasteiger partial charge in [0.1, 0.15) is 0 Å². The largest absolute Gasteiger partial charge is 2.00 e. The zero-order chi connectivity index (χ0) is 10.2. The van der Waals surface area contributed by atoms with Gasteiger partial charge in [-0.25, -0.2) is 0 Å². The summed E-state index contributed by atoms with van der Waals surface area (Å²) in [5.74, 6) is 0. The van der Waals surface area contributed by atoms with Crippen LogP contribution in [0.3, 0.4) is 0 Å². The number of rotatable bonds is 0. The van der Waals surface area contributed by atoms with Crippen LogP contribution in [0, 0.1) is 0 Å². The van der Waals surface area contributed by atoms with Crippen molar-refractivity contribution in [2.75, 3.05) is 0 Å². The van der Waals surface area contributed by atoms with E-state index in [2.05, 4.69) is 9.97 Å². The van der Waals surface area contributed by atoms with Crippen LogP contribution >= 0.6 is 0 Å². The zero-order valence-corrected chi connectivity index (χ0v) is 12.6. The third-order valence-electron chi connectivity index (χ3n) is 1.28. The molecule has 0 saturated heterocycles. The zero-order valence-electron chi connectivity index (χ0n) is 8.04. The Morgan fingerprint density at radius 1 is 0.733 bits per heavy atom. The van der Waals surface area contributed by atoms with Crippen molar-refractivity contribution >= 4 is 25.3 Å². The van der Waals surface area contributed by atoms with Crippen molar-refractivity contribution in [2.45, 2.75) is 10.1 Å². The maximum Gasteiger partial charge on any atom is 2.00 e. The van der Waals surface area contributed by atoms with E-state index >= 15 is 0 Å². The normalized spacial score (nSPS) is 8.00. The van der Waals surface area contributed by atoms with Crippen molar-refractivity contribution in [1.29, 1.82) is 0 Å². The van der Waals surface area contributed by atoms with E-state index in [1.807, 2.05) is 24.3 Å². The molecule has 2 heterocycles. The summed E-state index contributed by atoms with van der Waals surface area (Å²) in [5, 5.41) is 1.31. The van der Waals surface area contributed by atoms with Gasteiger partial charge in [0.2, 0.25) is 0 Å². The van der Waals surface area contributed by atoms with Crippen LogP contribution in [0.2, 0.25) is 0 Å². The molecule has 2 aromatic heterocycles. The molecule has 2 nitrogen and oxygen atoms in total. The molecule has 0 aliphatic heterocycles. The van der Waals surface area contributed by atoms with Crippen molar-refractivity contribution in [3.63, 3.8) is 0 Å². The van der Waals surface area contributed by atoms with Crippen LogP contribution < -0.4 is 0 Å². The minimum absolute atomic E-state index is 0. The minimum atomic E-state index is 0. The van der Waals surface area contributed by atoms with E-state index in [1.165, 1.54) is 0 Å². The van der Waals surface area contributed by atoms with Gasteiger partial charge in [-0.3, -0.25) is 9.97 Å². The van der Waals surface area contributed by atoms with Crippen molar-refractivity contribution in [2.24, 2.45) is 0 Å². The standard InChI is InChI=1S/2C5H5NS.Zn/c2*7-5-3-1-2-4-6-5;/h2*1-4H,(H,6,7);/q;;+2/p-2. The summed E-state index contributed by atoms with van der Waals surface area (Å²) in [5.41, 5.74) is 0. The number of hydrogen-bond donors (Lipinski definition) is 0. The average Bonchev–Trinajstić information content (AvgIpc) is 2.21. The van der Waals surface area contributed by atoms with Gasteiger partial charge in [-0.15, -0.1) is 0 Å². The summed E-state index contributed by atoms with van der Waals surface area (Å²) >= 11 is 9.40. The molecule has 0 aromatic carbocycles. The van der Waals surface area contributed by atoms with Gasteiger partial charge in [-0.2, -0.15) is 0 Å². The first kappa shape index (κ1) is 14.4. The van der Waals surface area contributed by atoms with Crippen LogP contribution in [0.1, 0.15) is 0 Å². The molecule has 0 atom stereocenters. The molecule has 0 bridgehead atoms. The fraction of sp³-hybridized carbons (Fsp3) is 0. The molecule has 5 heteroatoms. The van der Waals surface area contributed by atoms with E-state index in [-0.39, 0.29) is 19.5 Å². The maximum absolute atomic E-state index is 4.70. The first-order valence-electron chi connectivity index (χ1n) is 3.95. The molecule has 2 aromatic rings. The van der Waals surface area contributed by atoms with Crippen LogP contribution in [0.4, 0.5) is 0 Å². The van der Waals surface area contributed by atoms with Gasteiger partial charge in [0.15, 0.2) is 0 Å². The Balaban J connectivity index is 0.000000245. The van der Waals surface area contributed by atoms with E-state index in [4.69, 9.17) is 25.3 Å². The van der Waals surface area contributed by atoms with E-state index < -0.39 is 0 Å². The second-order valence-electron chi connectivity index (χ2n) is 2.34. The first-order chi connectivity index (χ1) is 6.79. The minimum Gasteiger partial charge on any atom is -0.760 e. The van der Waals surface area contributed by atoms with Crippen LogP contribution in [0.15, 0.2) is 58.8 Å². The second kappa shape index (κ2) is 8.65. The van der Waals surface area contributed by atoms with Gasteiger partial charge >= 0.3 is 19.5 Å². The van der Waals surface area contributed by atoms with Gasteiger partial charge in [-0.05, 0) is 12.1 Å². The average molecular weight is 286 g/mol. The third kappa shape index (κ3) is 7.31. The quantitative estimate of drug-likeness (QED) is 0.546. The number of hydrogen-bond acceptors (Lipinski definition) is 4. The molecule has 0 radical (unpaired) electrons. The molecule has 0 N–H and O–H groups in total. The van der Waals surface area contributed by atoms with Crippen molar-refractivity contribution in [1.82, 2.24) is 9.97 Å². The number of nitrogens with zero attached hydrogens (tertiary/aromatic N) is 2. The molecule has 15 heavy (non-hydrogen) atoms. The molecule has 0 fully saturated rings. The summed E-state index contributed by atoms with van der Waals surface area (Å²) in [6.45, 7) is 0. The van der Waals surface area contributed by atoms with E-state index in [1.54, 1.807) is 24.5 Å². The summed E-state index contributed by atoms with van der Waals surface area (Å²) in [6, 6.07) is 11.0. The van der Waals surface area contributed by atoms with Gasteiger partial charge in [0, 0.05) is 12.4 Å². The molecule has 0 amide bonds. The van der Waals surface area contributed by atoms with Crippen molar-refractivity contribution < 1.29 is 19.5 Å². The van der Waals surface area contributed by atoms with E-state index in [9.17, 15) is 0 Å². The Morgan fingerprint density at radius 2 is 1.13 bits per heavy atom. The Labute approximate surface area is 113 Å². The van der Waals surface area contributed by atoms with Crippen LogP contribution in [0.25, 0.3) is 0 Å². The fourth-order valence-corrected chi connectivity index (χ4v) is 0.973. The van der Waals surface area contributed by atoms with Crippen LogP contribution in [-0.2, 0) is 44.7 Å². The van der Waals surface area contributed by atoms with Crippen molar-refractivity contribution in [3.8, 4) is 0 Å². The predicted octanol–water partition coefficient (Wildman–Crippen LogP) is 1.97. The Hall–Kier alpha value is -0.637. The molecule has 0 spiro atoms. The van der Waals surface area contributed by atoms with Gasteiger partial charge in [-0.1, -0.05) is 34.3 Å². The van der Waals surface area contributed by atoms with E-state index in [0.29, 0.717) is 10.1 Å². The number of aromatic nitrogens is 2. The van der Waals surface area contributed by atoms with Gasteiger partial charge in [0.05, 0.1) is 0 Å². The smallest absolute Gasteiger partial charge is 0.760 e. The van der Waals surface area contributed by atoms with Gasteiger partial charge < -0.3 is 25.3 Å². The Bertz CT molecular complexity index is 319. The van der Waals surface area contributed by atoms with Gasteiger partial charge in [0.25, 0.3) is 0 Å². The summed E-state index contributed by atoms with van der Waals surface area (Å²) < 4.78 is 0.